The molecule has 0 atom stereocenters. The summed E-state index contributed by atoms with van der Waals surface area (Å²) in [7, 11) is 0. The third kappa shape index (κ3) is 4.21. The fraction of sp³-hybridized carbons (Fsp3) is 0.286. The number of benzene rings is 2. The van der Waals surface area contributed by atoms with Crippen molar-refractivity contribution in [2.45, 2.75) is 6.92 Å². The standard InChI is InChI=1S/C21H22N4O2S/c1-15-2-7-18-19(12-15)28-21(23-18)16-3-5-17(6-4-16)22-20(27)13-24-8-10-25(14-26)11-9-24/h2-7,12,14H,8-11,13H2,1H3,(H,22,27). The van der Waals surface area contributed by atoms with E-state index in [0.29, 0.717) is 19.6 Å². The van der Waals surface area contributed by atoms with Gasteiger partial charge in [0, 0.05) is 37.4 Å². The second-order valence-corrected chi connectivity index (χ2v) is 8.06. The van der Waals surface area contributed by atoms with Crippen molar-refractivity contribution >= 4 is 39.6 Å². The topological polar surface area (TPSA) is 65.5 Å². The molecule has 2 aromatic carbocycles. The van der Waals surface area contributed by atoms with E-state index in [9.17, 15) is 9.59 Å². The number of hydrogen-bond acceptors (Lipinski definition) is 5. The van der Waals surface area contributed by atoms with E-state index in [1.54, 1.807) is 16.2 Å². The second kappa shape index (κ2) is 8.08. The summed E-state index contributed by atoms with van der Waals surface area (Å²) in [4.78, 5) is 31.5. The van der Waals surface area contributed by atoms with Gasteiger partial charge in [-0.15, -0.1) is 11.3 Å². The van der Waals surface area contributed by atoms with Gasteiger partial charge in [-0.25, -0.2) is 4.98 Å². The normalized spacial score (nSPS) is 15.0. The first-order valence-corrected chi connectivity index (χ1v) is 10.1. The van der Waals surface area contributed by atoms with E-state index in [1.807, 2.05) is 30.3 Å². The fourth-order valence-electron chi connectivity index (χ4n) is 3.28. The molecule has 7 heteroatoms. The first-order chi connectivity index (χ1) is 13.6. The Kier molecular flexibility index (Phi) is 5.36. The predicted molar refractivity (Wildman–Crippen MR) is 112 cm³/mol. The van der Waals surface area contributed by atoms with E-state index >= 15 is 0 Å². The van der Waals surface area contributed by atoms with Crippen molar-refractivity contribution in [2.24, 2.45) is 0 Å². The second-order valence-electron chi connectivity index (χ2n) is 7.03. The van der Waals surface area contributed by atoms with Gasteiger partial charge in [0.2, 0.25) is 12.3 Å². The van der Waals surface area contributed by atoms with E-state index in [0.717, 1.165) is 41.3 Å². The molecule has 3 aromatic rings. The number of nitrogens with zero attached hydrogens (tertiary/aromatic N) is 3. The average Bonchev–Trinajstić information content (AvgIpc) is 3.12. The lowest BCUT2D eigenvalue weighted by Gasteiger charge is -2.31. The summed E-state index contributed by atoms with van der Waals surface area (Å²) in [6.07, 6.45) is 0.867. The molecule has 0 spiro atoms. The molecule has 4 rings (SSSR count). The van der Waals surface area contributed by atoms with Crippen LogP contribution >= 0.6 is 11.3 Å². The van der Waals surface area contributed by atoms with Gasteiger partial charge in [0.1, 0.15) is 5.01 Å². The van der Waals surface area contributed by atoms with Crippen LogP contribution in [0.5, 0.6) is 0 Å². The van der Waals surface area contributed by atoms with Crippen molar-refractivity contribution in [1.82, 2.24) is 14.8 Å². The van der Waals surface area contributed by atoms with Crippen LogP contribution in [0.3, 0.4) is 0 Å². The van der Waals surface area contributed by atoms with Gasteiger partial charge in [-0.2, -0.15) is 0 Å². The van der Waals surface area contributed by atoms with Gasteiger partial charge in [0.15, 0.2) is 0 Å². The maximum absolute atomic E-state index is 12.3. The number of carbonyl (C=O) groups excluding carboxylic acids is 2. The van der Waals surface area contributed by atoms with Crippen molar-refractivity contribution in [3.8, 4) is 10.6 Å². The van der Waals surface area contributed by atoms with E-state index in [2.05, 4.69) is 29.3 Å². The van der Waals surface area contributed by atoms with E-state index < -0.39 is 0 Å². The third-order valence-electron chi connectivity index (χ3n) is 4.88. The third-order valence-corrected chi connectivity index (χ3v) is 5.95. The van der Waals surface area contributed by atoms with Gasteiger partial charge < -0.3 is 10.2 Å². The van der Waals surface area contributed by atoms with Crippen LogP contribution in [0.1, 0.15) is 5.56 Å². The number of fused-ring (bicyclic) bond motifs is 1. The van der Waals surface area contributed by atoms with Crippen LogP contribution in [-0.2, 0) is 9.59 Å². The first kappa shape index (κ1) is 18.6. The van der Waals surface area contributed by atoms with Crippen LogP contribution in [0.25, 0.3) is 20.8 Å². The lowest BCUT2D eigenvalue weighted by Crippen LogP contribution is -2.48. The van der Waals surface area contributed by atoms with E-state index in [4.69, 9.17) is 4.98 Å². The number of aromatic nitrogens is 1. The minimum atomic E-state index is -0.0391. The fourth-order valence-corrected chi connectivity index (χ4v) is 4.35. The van der Waals surface area contributed by atoms with Crippen LogP contribution in [0.4, 0.5) is 5.69 Å². The Bertz CT molecular complexity index is 991. The Morgan fingerprint density at radius 1 is 1.14 bits per heavy atom. The molecule has 144 valence electrons. The number of thiazole rings is 1. The summed E-state index contributed by atoms with van der Waals surface area (Å²) >= 11 is 1.68. The maximum atomic E-state index is 12.3. The molecule has 0 bridgehead atoms. The zero-order valence-corrected chi connectivity index (χ0v) is 16.5. The van der Waals surface area contributed by atoms with Crippen molar-refractivity contribution in [2.75, 3.05) is 38.0 Å². The number of rotatable bonds is 5. The number of hydrogen-bond donors (Lipinski definition) is 1. The van der Waals surface area contributed by atoms with Gasteiger partial charge in [0.25, 0.3) is 0 Å². The summed E-state index contributed by atoms with van der Waals surface area (Å²) in [5.41, 5.74) is 4.06. The number of anilines is 1. The highest BCUT2D eigenvalue weighted by Crippen LogP contribution is 2.31. The molecule has 1 N–H and O–H groups in total. The Morgan fingerprint density at radius 2 is 1.89 bits per heavy atom. The monoisotopic (exact) mass is 394 g/mol. The van der Waals surface area contributed by atoms with Gasteiger partial charge >= 0.3 is 0 Å². The minimum Gasteiger partial charge on any atom is -0.343 e. The molecule has 1 saturated heterocycles. The zero-order valence-electron chi connectivity index (χ0n) is 15.7. The molecular weight excluding hydrogens is 372 g/mol. The van der Waals surface area contributed by atoms with Crippen molar-refractivity contribution in [1.29, 1.82) is 0 Å². The summed E-state index contributed by atoms with van der Waals surface area (Å²) < 4.78 is 1.18. The largest absolute Gasteiger partial charge is 0.343 e. The molecule has 6 nitrogen and oxygen atoms in total. The molecule has 0 aliphatic carbocycles. The highest BCUT2D eigenvalue weighted by Gasteiger charge is 2.17. The van der Waals surface area contributed by atoms with Crippen molar-refractivity contribution in [3.63, 3.8) is 0 Å². The first-order valence-electron chi connectivity index (χ1n) is 9.30. The quantitative estimate of drug-likeness (QED) is 0.676. The SMILES string of the molecule is Cc1ccc2nc(-c3ccc(NC(=O)CN4CCN(C=O)CC4)cc3)sc2c1. The van der Waals surface area contributed by atoms with E-state index in [1.165, 1.54) is 10.3 Å². The van der Waals surface area contributed by atoms with Crippen LogP contribution in [0, 0.1) is 6.92 Å². The molecule has 1 fully saturated rings. The Hall–Kier alpha value is -2.77. The van der Waals surface area contributed by atoms with Crippen LogP contribution in [0.2, 0.25) is 0 Å². The zero-order chi connectivity index (χ0) is 19.5. The van der Waals surface area contributed by atoms with Crippen LogP contribution < -0.4 is 5.32 Å². The summed E-state index contributed by atoms with van der Waals surface area (Å²) in [6, 6.07) is 14.1. The van der Waals surface area contributed by atoms with Crippen molar-refractivity contribution < 1.29 is 9.59 Å². The lowest BCUT2D eigenvalue weighted by molar-refractivity contribution is -0.120. The minimum absolute atomic E-state index is 0.0391. The Morgan fingerprint density at radius 3 is 2.61 bits per heavy atom. The molecule has 28 heavy (non-hydrogen) atoms. The number of piperazine rings is 1. The number of amides is 2. The number of aryl methyl sites for hydroxylation is 1. The number of carbonyl (C=O) groups is 2. The van der Waals surface area contributed by atoms with Gasteiger partial charge in [-0.1, -0.05) is 6.07 Å². The maximum Gasteiger partial charge on any atom is 0.238 e. The smallest absolute Gasteiger partial charge is 0.238 e. The van der Waals surface area contributed by atoms with Gasteiger partial charge in [-0.05, 0) is 48.9 Å². The highest BCUT2D eigenvalue weighted by atomic mass is 32.1. The molecule has 0 unspecified atom stereocenters. The number of nitrogens with one attached hydrogen (secondary N) is 1. The highest BCUT2D eigenvalue weighted by molar-refractivity contribution is 7.21. The van der Waals surface area contributed by atoms with Gasteiger partial charge in [-0.3, -0.25) is 14.5 Å². The van der Waals surface area contributed by atoms with Crippen LogP contribution in [0.15, 0.2) is 42.5 Å². The molecule has 2 heterocycles. The predicted octanol–water partition coefficient (Wildman–Crippen LogP) is 2.98. The summed E-state index contributed by atoms with van der Waals surface area (Å²) in [5, 5.41) is 3.92. The molecule has 1 aromatic heterocycles. The molecule has 0 radical (unpaired) electrons. The summed E-state index contributed by atoms with van der Waals surface area (Å²) in [5.74, 6) is -0.0391. The van der Waals surface area contributed by atoms with Crippen molar-refractivity contribution in [3.05, 3.63) is 48.0 Å². The van der Waals surface area contributed by atoms with E-state index in [-0.39, 0.29) is 5.91 Å². The Labute approximate surface area is 167 Å². The molecule has 1 aliphatic rings. The average molecular weight is 395 g/mol. The molecule has 0 saturated carbocycles. The van der Waals surface area contributed by atoms with Gasteiger partial charge in [0.05, 0.1) is 16.8 Å². The molecule has 1 aliphatic heterocycles. The Balaban J connectivity index is 1.37. The van der Waals surface area contributed by atoms with Crippen LogP contribution in [-0.4, -0.2) is 59.8 Å². The summed E-state index contributed by atoms with van der Waals surface area (Å²) in [6.45, 7) is 5.22. The molecule has 2 amide bonds. The molecular formula is C21H22N4O2S. The lowest BCUT2D eigenvalue weighted by atomic mass is 10.2.